The molecule has 3 rings (SSSR count). The molecule has 2 heterocycles. The van der Waals surface area contributed by atoms with Crippen molar-refractivity contribution >= 4 is 12.4 Å². The molecule has 0 unspecified atom stereocenters. The van der Waals surface area contributed by atoms with Gasteiger partial charge < -0.3 is 9.55 Å². The number of aromatic nitrogens is 3. The van der Waals surface area contributed by atoms with Crippen LogP contribution in [0.1, 0.15) is 11.3 Å². The minimum Gasteiger partial charge on any atom is -0.326 e. The molecule has 0 aliphatic heterocycles. The first kappa shape index (κ1) is 15.1. The van der Waals surface area contributed by atoms with Crippen molar-refractivity contribution in [2.24, 2.45) is 0 Å². The second kappa shape index (κ2) is 5.97. The van der Waals surface area contributed by atoms with Crippen LogP contribution in [0.5, 0.6) is 0 Å². The van der Waals surface area contributed by atoms with E-state index in [0.717, 1.165) is 28.1 Å². The third kappa shape index (κ3) is 2.90. The molecular formula is C16H16ClN3O. The number of aromatic amines is 1. The largest absolute Gasteiger partial charge is 0.326 e. The zero-order valence-corrected chi connectivity index (χ0v) is 12.6. The Morgan fingerprint density at radius 1 is 1.14 bits per heavy atom. The predicted octanol–water partition coefficient (Wildman–Crippen LogP) is 3.27. The molecule has 0 fully saturated rings. The summed E-state index contributed by atoms with van der Waals surface area (Å²) in [6.45, 7) is 3.74. The van der Waals surface area contributed by atoms with Crippen LogP contribution in [-0.2, 0) is 0 Å². The van der Waals surface area contributed by atoms with Gasteiger partial charge in [-0.2, -0.15) is 0 Å². The number of hydrogen-bond acceptors (Lipinski definition) is 2. The lowest BCUT2D eigenvalue weighted by Gasteiger charge is -2.08. The minimum absolute atomic E-state index is 0. The third-order valence-corrected chi connectivity index (χ3v) is 3.40. The lowest BCUT2D eigenvalue weighted by molar-refractivity contribution is 1.06. The highest BCUT2D eigenvalue weighted by Crippen LogP contribution is 2.23. The Balaban J connectivity index is 0.00000161. The number of benzene rings is 1. The van der Waals surface area contributed by atoms with E-state index in [1.54, 1.807) is 12.5 Å². The van der Waals surface area contributed by atoms with Gasteiger partial charge in [0.15, 0.2) is 0 Å². The van der Waals surface area contributed by atoms with E-state index in [0.29, 0.717) is 0 Å². The average Bonchev–Trinajstić information content (AvgIpc) is 2.97. The zero-order valence-electron chi connectivity index (χ0n) is 11.8. The van der Waals surface area contributed by atoms with Crippen molar-refractivity contribution < 1.29 is 0 Å². The SMILES string of the molecule is Cc1[nH]c(=O)c(C)cc1-c1ccc(-n2ccnc2)cc1.Cl. The Labute approximate surface area is 128 Å². The molecule has 0 aliphatic carbocycles. The third-order valence-electron chi connectivity index (χ3n) is 3.40. The number of aryl methyl sites for hydroxylation is 2. The molecule has 5 heteroatoms. The van der Waals surface area contributed by atoms with Crippen molar-refractivity contribution in [1.82, 2.24) is 14.5 Å². The van der Waals surface area contributed by atoms with Gasteiger partial charge in [0.25, 0.3) is 5.56 Å². The van der Waals surface area contributed by atoms with E-state index in [9.17, 15) is 4.79 Å². The molecule has 108 valence electrons. The van der Waals surface area contributed by atoms with Gasteiger partial charge >= 0.3 is 0 Å². The van der Waals surface area contributed by atoms with Gasteiger partial charge in [0.2, 0.25) is 0 Å². The first-order valence-corrected chi connectivity index (χ1v) is 6.44. The van der Waals surface area contributed by atoms with Crippen LogP contribution < -0.4 is 5.56 Å². The standard InChI is InChI=1S/C16H15N3O.ClH/c1-11-9-15(12(2)18-16(11)20)13-3-5-14(6-4-13)19-8-7-17-10-19;/h3-10H,1-2H3,(H,18,20);1H. The fourth-order valence-electron chi connectivity index (χ4n) is 2.25. The number of rotatable bonds is 2. The second-order valence-corrected chi connectivity index (χ2v) is 4.84. The van der Waals surface area contributed by atoms with Gasteiger partial charge in [-0.1, -0.05) is 12.1 Å². The average molecular weight is 302 g/mol. The van der Waals surface area contributed by atoms with Crippen molar-refractivity contribution in [3.05, 3.63) is 70.7 Å². The quantitative estimate of drug-likeness (QED) is 0.790. The second-order valence-electron chi connectivity index (χ2n) is 4.84. The highest BCUT2D eigenvalue weighted by Gasteiger charge is 2.05. The highest BCUT2D eigenvalue weighted by molar-refractivity contribution is 5.85. The Morgan fingerprint density at radius 2 is 1.86 bits per heavy atom. The van der Waals surface area contributed by atoms with E-state index in [1.165, 1.54) is 0 Å². The van der Waals surface area contributed by atoms with Crippen molar-refractivity contribution in [2.45, 2.75) is 13.8 Å². The summed E-state index contributed by atoms with van der Waals surface area (Å²) in [6, 6.07) is 10.1. The summed E-state index contributed by atoms with van der Waals surface area (Å²) >= 11 is 0. The molecule has 1 N–H and O–H groups in total. The lowest BCUT2D eigenvalue weighted by atomic mass is 10.0. The molecule has 0 spiro atoms. The summed E-state index contributed by atoms with van der Waals surface area (Å²) in [6.07, 6.45) is 5.43. The van der Waals surface area contributed by atoms with Crippen LogP contribution >= 0.6 is 12.4 Å². The minimum atomic E-state index is -0.0266. The number of hydrogen-bond donors (Lipinski definition) is 1. The number of imidazole rings is 1. The van der Waals surface area contributed by atoms with Crippen molar-refractivity contribution in [2.75, 3.05) is 0 Å². The molecule has 0 atom stereocenters. The molecule has 0 bridgehead atoms. The summed E-state index contributed by atoms with van der Waals surface area (Å²) in [7, 11) is 0. The fourth-order valence-corrected chi connectivity index (χ4v) is 2.25. The maximum Gasteiger partial charge on any atom is 0.251 e. The maximum atomic E-state index is 11.6. The molecular weight excluding hydrogens is 286 g/mol. The number of H-pyrrole nitrogens is 1. The molecule has 0 saturated heterocycles. The van der Waals surface area contributed by atoms with E-state index < -0.39 is 0 Å². The monoisotopic (exact) mass is 301 g/mol. The molecule has 2 aromatic heterocycles. The van der Waals surface area contributed by atoms with Gasteiger partial charge in [-0.3, -0.25) is 4.79 Å². The van der Waals surface area contributed by atoms with E-state index in [4.69, 9.17) is 0 Å². The fraction of sp³-hybridized carbons (Fsp3) is 0.125. The van der Waals surface area contributed by atoms with Crippen molar-refractivity contribution in [1.29, 1.82) is 0 Å². The first-order valence-electron chi connectivity index (χ1n) is 6.44. The Morgan fingerprint density at radius 3 is 2.48 bits per heavy atom. The number of nitrogens with one attached hydrogen (secondary N) is 1. The number of halogens is 1. The van der Waals surface area contributed by atoms with Crippen LogP contribution in [0, 0.1) is 13.8 Å². The van der Waals surface area contributed by atoms with Crippen LogP contribution in [0.25, 0.3) is 16.8 Å². The normalized spacial score (nSPS) is 10.2. The van der Waals surface area contributed by atoms with E-state index in [-0.39, 0.29) is 18.0 Å². The topological polar surface area (TPSA) is 50.7 Å². The molecule has 0 radical (unpaired) electrons. The van der Waals surface area contributed by atoms with Crippen LogP contribution in [0.2, 0.25) is 0 Å². The van der Waals surface area contributed by atoms with Crippen LogP contribution in [0.4, 0.5) is 0 Å². The molecule has 3 aromatic rings. The smallest absolute Gasteiger partial charge is 0.251 e. The molecule has 0 saturated carbocycles. The van der Waals surface area contributed by atoms with Crippen LogP contribution in [-0.4, -0.2) is 14.5 Å². The summed E-state index contributed by atoms with van der Waals surface area (Å²) < 4.78 is 1.95. The van der Waals surface area contributed by atoms with Gasteiger partial charge in [-0.15, -0.1) is 12.4 Å². The predicted molar refractivity (Wildman–Crippen MR) is 86.3 cm³/mol. The summed E-state index contributed by atoms with van der Waals surface area (Å²) in [5.41, 5.74) is 4.79. The molecule has 21 heavy (non-hydrogen) atoms. The van der Waals surface area contributed by atoms with E-state index in [2.05, 4.69) is 22.1 Å². The maximum absolute atomic E-state index is 11.6. The number of pyridine rings is 1. The zero-order chi connectivity index (χ0) is 14.1. The molecule has 1 aromatic carbocycles. The Kier molecular flexibility index (Phi) is 4.29. The Hall–Kier alpha value is -2.33. The van der Waals surface area contributed by atoms with E-state index in [1.807, 2.05) is 42.8 Å². The molecule has 0 aliphatic rings. The van der Waals surface area contributed by atoms with Crippen LogP contribution in [0.3, 0.4) is 0 Å². The van der Waals surface area contributed by atoms with Gasteiger partial charge in [0.05, 0.1) is 6.33 Å². The number of nitrogens with zero attached hydrogens (tertiary/aromatic N) is 2. The lowest BCUT2D eigenvalue weighted by Crippen LogP contribution is -2.11. The summed E-state index contributed by atoms with van der Waals surface area (Å²) in [5, 5.41) is 0. The Bertz CT molecular complexity index is 789. The summed E-state index contributed by atoms with van der Waals surface area (Å²) in [4.78, 5) is 18.5. The van der Waals surface area contributed by atoms with Crippen molar-refractivity contribution in [3.63, 3.8) is 0 Å². The van der Waals surface area contributed by atoms with Gasteiger partial charge in [-0.25, -0.2) is 4.98 Å². The van der Waals surface area contributed by atoms with Gasteiger partial charge in [0.1, 0.15) is 0 Å². The molecule has 0 amide bonds. The van der Waals surface area contributed by atoms with Crippen molar-refractivity contribution in [3.8, 4) is 16.8 Å². The molecule has 4 nitrogen and oxygen atoms in total. The van der Waals surface area contributed by atoms with Gasteiger partial charge in [-0.05, 0) is 37.6 Å². The first-order chi connectivity index (χ1) is 9.65. The van der Waals surface area contributed by atoms with E-state index >= 15 is 0 Å². The highest BCUT2D eigenvalue weighted by atomic mass is 35.5. The van der Waals surface area contributed by atoms with Crippen LogP contribution in [0.15, 0.2) is 53.8 Å². The van der Waals surface area contributed by atoms with Gasteiger partial charge in [0, 0.05) is 34.9 Å². The summed E-state index contributed by atoms with van der Waals surface area (Å²) in [5.74, 6) is 0.